The lowest BCUT2D eigenvalue weighted by atomic mass is 9.98. The van der Waals surface area contributed by atoms with Gasteiger partial charge in [0.05, 0.1) is 22.0 Å². The average molecular weight is 326 g/mol. The fraction of sp³-hybridized carbons (Fsp3) is 0.333. The van der Waals surface area contributed by atoms with Gasteiger partial charge in [-0.15, -0.1) is 11.3 Å². The first-order valence-corrected chi connectivity index (χ1v) is 7.52. The van der Waals surface area contributed by atoms with Crippen molar-refractivity contribution in [3.8, 4) is 16.2 Å². The Hall–Kier alpha value is -1.59. The summed E-state index contributed by atoms with van der Waals surface area (Å²) in [6, 6.07) is 5.21. The van der Waals surface area contributed by atoms with Gasteiger partial charge < -0.3 is 9.84 Å². The maximum Gasteiger partial charge on any atom is 0.356 e. The van der Waals surface area contributed by atoms with Crippen molar-refractivity contribution >= 4 is 28.9 Å². The van der Waals surface area contributed by atoms with Crippen LogP contribution in [-0.4, -0.2) is 23.2 Å². The van der Waals surface area contributed by atoms with Crippen LogP contribution in [0.4, 0.5) is 0 Å². The summed E-state index contributed by atoms with van der Waals surface area (Å²) < 4.78 is 5.11. The van der Waals surface area contributed by atoms with E-state index in [1.165, 1.54) is 18.4 Å². The van der Waals surface area contributed by atoms with Crippen LogP contribution >= 0.6 is 22.9 Å². The fourth-order valence-corrected chi connectivity index (χ4v) is 3.16. The van der Waals surface area contributed by atoms with Gasteiger partial charge in [-0.2, -0.15) is 0 Å². The van der Waals surface area contributed by atoms with Crippen molar-refractivity contribution in [1.82, 2.24) is 4.98 Å². The van der Waals surface area contributed by atoms with E-state index in [9.17, 15) is 9.90 Å². The Morgan fingerprint density at radius 2 is 2.05 bits per heavy atom. The largest absolute Gasteiger partial charge is 0.495 e. The molecule has 0 radical (unpaired) electrons. The van der Waals surface area contributed by atoms with Gasteiger partial charge in [-0.1, -0.05) is 32.4 Å². The average Bonchev–Trinajstić information content (AvgIpc) is 2.83. The number of hydrogen-bond acceptors (Lipinski definition) is 4. The molecule has 2 rings (SSSR count). The summed E-state index contributed by atoms with van der Waals surface area (Å²) in [5.41, 5.74) is 0.584. The minimum atomic E-state index is -1.04. The minimum absolute atomic E-state index is 0.0613. The highest BCUT2D eigenvalue weighted by Crippen LogP contribution is 2.38. The second-order valence-electron chi connectivity index (χ2n) is 5.60. The molecule has 112 valence electrons. The molecular weight excluding hydrogens is 310 g/mol. The lowest BCUT2D eigenvalue weighted by molar-refractivity contribution is 0.0692. The number of thiazole rings is 1. The Morgan fingerprint density at radius 3 is 2.52 bits per heavy atom. The van der Waals surface area contributed by atoms with E-state index >= 15 is 0 Å². The molecular formula is C15H16ClNO3S. The molecule has 0 fully saturated rings. The molecule has 0 unspecified atom stereocenters. The maximum absolute atomic E-state index is 11.4. The van der Waals surface area contributed by atoms with Crippen LogP contribution in [-0.2, 0) is 5.41 Å². The van der Waals surface area contributed by atoms with E-state index in [-0.39, 0.29) is 11.1 Å². The quantitative estimate of drug-likeness (QED) is 0.904. The smallest absolute Gasteiger partial charge is 0.356 e. The van der Waals surface area contributed by atoms with Crippen molar-refractivity contribution in [2.75, 3.05) is 7.11 Å². The number of benzene rings is 1. The molecule has 0 spiro atoms. The summed E-state index contributed by atoms with van der Waals surface area (Å²) in [4.78, 5) is 16.3. The van der Waals surface area contributed by atoms with Gasteiger partial charge in [0, 0.05) is 5.41 Å². The fourth-order valence-electron chi connectivity index (χ4n) is 1.79. The van der Waals surface area contributed by atoms with Crippen LogP contribution in [0.3, 0.4) is 0 Å². The molecule has 0 aliphatic carbocycles. The molecule has 1 aromatic heterocycles. The molecule has 21 heavy (non-hydrogen) atoms. The summed E-state index contributed by atoms with van der Waals surface area (Å²) in [6.45, 7) is 6.01. The highest BCUT2D eigenvalue weighted by molar-refractivity contribution is 7.15. The summed E-state index contributed by atoms with van der Waals surface area (Å²) in [6.07, 6.45) is 0. The SMILES string of the molecule is COc1ccc(-c2sc(C(C)(C)C)nc2C(=O)O)cc1Cl. The van der Waals surface area contributed by atoms with Crippen LogP contribution in [0.1, 0.15) is 36.3 Å². The van der Waals surface area contributed by atoms with Gasteiger partial charge in [-0.05, 0) is 23.8 Å². The Kier molecular flexibility index (Phi) is 4.25. The number of hydrogen-bond donors (Lipinski definition) is 1. The summed E-state index contributed by atoms with van der Waals surface area (Å²) >= 11 is 7.50. The molecule has 0 atom stereocenters. The monoisotopic (exact) mass is 325 g/mol. The van der Waals surface area contributed by atoms with Gasteiger partial charge in [0.25, 0.3) is 0 Å². The molecule has 6 heteroatoms. The normalized spacial score (nSPS) is 11.5. The van der Waals surface area contributed by atoms with Crippen LogP contribution in [0.25, 0.3) is 10.4 Å². The van der Waals surface area contributed by atoms with E-state index < -0.39 is 5.97 Å². The Labute approximate surface area is 132 Å². The third-order valence-electron chi connectivity index (χ3n) is 2.89. The Balaban J connectivity index is 2.60. The highest BCUT2D eigenvalue weighted by atomic mass is 35.5. The molecule has 0 aliphatic rings. The molecule has 1 heterocycles. The van der Waals surface area contributed by atoms with Gasteiger partial charge in [0.2, 0.25) is 0 Å². The number of carboxylic acid groups (broad SMARTS) is 1. The number of halogens is 1. The van der Waals surface area contributed by atoms with Crippen molar-refractivity contribution in [2.45, 2.75) is 26.2 Å². The first kappa shape index (κ1) is 15.8. The van der Waals surface area contributed by atoms with Crippen molar-refractivity contribution in [2.24, 2.45) is 0 Å². The Morgan fingerprint density at radius 1 is 1.38 bits per heavy atom. The van der Waals surface area contributed by atoms with Crippen LogP contribution in [0, 0.1) is 0 Å². The number of ether oxygens (including phenoxy) is 1. The lowest BCUT2D eigenvalue weighted by Crippen LogP contribution is -2.11. The van der Waals surface area contributed by atoms with Crippen molar-refractivity contribution in [1.29, 1.82) is 0 Å². The zero-order valence-corrected chi connectivity index (χ0v) is 13.8. The van der Waals surface area contributed by atoms with E-state index in [0.29, 0.717) is 15.6 Å². The number of nitrogens with zero attached hydrogens (tertiary/aromatic N) is 1. The molecule has 1 N–H and O–H groups in total. The molecule has 0 saturated heterocycles. The summed E-state index contributed by atoms with van der Waals surface area (Å²) in [5.74, 6) is -0.485. The summed E-state index contributed by atoms with van der Waals surface area (Å²) in [7, 11) is 1.54. The topological polar surface area (TPSA) is 59.4 Å². The van der Waals surface area contributed by atoms with Crippen LogP contribution in [0.2, 0.25) is 5.02 Å². The van der Waals surface area contributed by atoms with Crippen LogP contribution in [0.5, 0.6) is 5.75 Å². The first-order valence-electron chi connectivity index (χ1n) is 6.32. The molecule has 0 aliphatic heterocycles. The standard InChI is InChI=1S/C15H16ClNO3S/c1-15(2,3)14-17-11(13(18)19)12(21-14)8-5-6-10(20-4)9(16)7-8/h5-7H,1-4H3,(H,18,19). The van der Waals surface area contributed by atoms with E-state index in [1.807, 2.05) is 20.8 Å². The summed E-state index contributed by atoms with van der Waals surface area (Å²) in [5, 5.41) is 10.6. The molecule has 0 amide bonds. The van der Waals surface area contributed by atoms with Crippen molar-refractivity contribution in [3.05, 3.63) is 33.9 Å². The minimum Gasteiger partial charge on any atom is -0.495 e. The zero-order valence-electron chi connectivity index (χ0n) is 12.2. The van der Waals surface area contributed by atoms with Gasteiger partial charge >= 0.3 is 5.97 Å². The van der Waals surface area contributed by atoms with Crippen LogP contribution < -0.4 is 4.74 Å². The van der Waals surface area contributed by atoms with E-state index in [2.05, 4.69) is 4.98 Å². The van der Waals surface area contributed by atoms with Crippen molar-refractivity contribution in [3.63, 3.8) is 0 Å². The van der Waals surface area contributed by atoms with Gasteiger partial charge in [0.1, 0.15) is 5.75 Å². The number of rotatable bonds is 3. The first-order chi connectivity index (χ1) is 9.74. The second-order valence-corrected chi connectivity index (χ2v) is 7.01. The molecule has 4 nitrogen and oxygen atoms in total. The molecule has 2 aromatic rings. The number of aromatic nitrogens is 1. The van der Waals surface area contributed by atoms with E-state index in [0.717, 1.165) is 10.6 Å². The van der Waals surface area contributed by atoms with E-state index in [4.69, 9.17) is 16.3 Å². The second kappa shape index (κ2) is 5.66. The van der Waals surface area contributed by atoms with Gasteiger partial charge in [0.15, 0.2) is 5.69 Å². The van der Waals surface area contributed by atoms with Gasteiger partial charge in [-0.25, -0.2) is 9.78 Å². The van der Waals surface area contributed by atoms with Crippen LogP contribution in [0.15, 0.2) is 18.2 Å². The Bertz CT molecular complexity index is 689. The molecule has 0 saturated carbocycles. The number of methoxy groups -OCH3 is 1. The predicted molar refractivity (Wildman–Crippen MR) is 84.8 cm³/mol. The third-order valence-corrected chi connectivity index (χ3v) is 4.71. The third kappa shape index (κ3) is 3.19. The lowest BCUT2D eigenvalue weighted by Gasteiger charge is -2.13. The number of carbonyl (C=O) groups is 1. The molecule has 0 bridgehead atoms. The number of aromatic carboxylic acids is 1. The zero-order chi connectivity index (χ0) is 15.8. The number of carboxylic acids is 1. The van der Waals surface area contributed by atoms with Crippen molar-refractivity contribution < 1.29 is 14.6 Å². The van der Waals surface area contributed by atoms with Gasteiger partial charge in [-0.3, -0.25) is 0 Å². The predicted octanol–water partition coefficient (Wildman–Crippen LogP) is 4.47. The van der Waals surface area contributed by atoms with E-state index in [1.54, 1.807) is 18.2 Å². The molecule has 1 aromatic carbocycles. The maximum atomic E-state index is 11.4. The highest BCUT2D eigenvalue weighted by Gasteiger charge is 2.25.